The molecule has 0 aliphatic heterocycles. The Labute approximate surface area is 161 Å². The minimum Gasteiger partial charge on any atom is -0.493 e. The first kappa shape index (κ1) is 18.9. The number of thiazole rings is 1. The van der Waals surface area contributed by atoms with Gasteiger partial charge >= 0.3 is 0 Å². The van der Waals surface area contributed by atoms with Crippen LogP contribution in [0, 0.1) is 0 Å². The van der Waals surface area contributed by atoms with E-state index >= 15 is 0 Å². The number of ether oxygens (including phenoxy) is 2. The maximum absolute atomic E-state index is 12.3. The Balaban J connectivity index is 1.63. The number of carbonyl (C=O) groups excluding carboxylic acids is 1. The van der Waals surface area contributed by atoms with Crippen LogP contribution in [0.5, 0.6) is 11.5 Å². The summed E-state index contributed by atoms with van der Waals surface area (Å²) in [6, 6.07) is 14.8. The number of aliphatic hydroxyl groups is 1. The van der Waals surface area contributed by atoms with Gasteiger partial charge in [0.25, 0.3) is 5.91 Å². The van der Waals surface area contributed by atoms with Crippen LogP contribution in [0.25, 0.3) is 10.6 Å². The second-order valence-corrected chi connectivity index (χ2v) is 6.60. The summed E-state index contributed by atoms with van der Waals surface area (Å²) in [6.45, 7) is 0.0620. The monoisotopic (exact) mass is 384 g/mol. The first-order valence-corrected chi connectivity index (χ1v) is 9.19. The molecule has 0 spiro atoms. The highest BCUT2D eigenvalue weighted by atomic mass is 32.1. The van der Waals surface area contributed by atoms with E-state index in [-0.39, 0.29) is 12.5 Å². The summed E-state index contributed by atoms with van der Waals surface area (Å²) in [5.74, 6) is 0.772. The van der Waals surface area contributed by atoms with Gasteiger partial charge in [0.15, 0.2) is 11.5 Å². The number of rotatable bonds is 7. The van der Waals surface area contributed by atoms with Crippen LogP contribution < -0.4 is 14.8 Å². The highest BCUT2D eigenvalue weighted by molar-refractivity contribution is 7.13. The number of methoxy groups -OCH3 is 2. The van der Waals surface area contributed by atoms with Crippen molar-refractivity contribution in [3.63, 3.8) is 0 Å². The molecule has 1 atom stereocenters. The molecule has 1 amide bonds. The highest BCUT2D eigenvalue weighted by Gasteiger charge is 2.16. The van der Waals surface area contributed by atoms with Gasteiger partial charge in [-0.25, -0.2) is 4.98 Å². The normalized spacial score (nSPS) is 11.7. The number of amides is 1. The topological polar surface area (TPSA) is 80.7 Å². The first-order chi connectivity index (χ1) is 13.1. The Morgan fingerprint density at radius 1 is 1.15 bits per heavy atom. The average molecular weight is 384 g/mol. The molecule has 3 rings (SSSR count). The first-order valence-electron chi connectivity index (χ1n) is 8.31. The van der Waals surface area contributed by atoms with Crippen molar-refractivity contribution < 1.29 is 19.4 Å². The maximum Gasteiger partial charge on any atom is 0.270 e. The summed E-state index contributed by atoms with van der Waals surface area (Å²) in [5, 5.41) is 15.6. The lowest BCUT2D eigenvalue weighted by molar-refractivity contribution is 0.0912. The van der Waals surface area contributed by atoms with Crippen LogP contribution in [0.4, 0.5) is 0 Å². The predicted molar refractivity (Wildman–Crippen MR) is 104 cm³/mol. The van der Waals surface area contributed by atoms with E-state index in [1.807, 2.05) is 30.3 Å². The van der Waals surface area contributed by atoms with Crippen molar-refractivity contribution in [2.75, 3.05) is 20.8 Å². The molecule has 3 aromatic rings. The number of nitrogens with one attached hydrogen (secondary N) is 1. The van der Waals surface area contributed by atoms with Crippen molar-refractivity contribution in [1.29, 1.82) is 0 Å². The van der Waals surface area contributed by atoms with Gasteiger partial charge in [0, 0.05) is 17.5 Å². The number of carbonyl (C=O) groups is 1. The molecule has 0 aliphatic rings. The quantitative estimate of drug-likeness (QED) is 0.653. The van der Waals surface area contributed by atoms with E-state index in [1.165, 1.54) is 18.4 Å². The fraction of sp³-hybridized carbons (Fsp3) is 0.200. The van der Waals surface area contributed by atoms with E-state index in [1.54, 1.807) is 30.7 Å². The number of hydrogen-bond donors (Lipinski definition) is 2. The van der Waals surface area contributed by atoms with Crippen molar-refractivity contribution in [2.24, 2.45) is 0 Å². The molecule has 0 aliphatic carbocycles. The molecule has 6 nitrogen and oxygen atoms in total. The maximum atomic E-state index is 12.3. The lowest BCUT2D eigenvalue weighted by Gasteiger charge is -2.14. The Morgan fingerprint density at radius 2 is 1.89 bits per heavy atom. The highest BCUT2D eigenvalue weighted by Crippen LogP contribution is 2.30. The van der Waals surface area contributed by atoms with Crippen molar-refractivity contribution in [3.8, 4) is 22.1 Å². The summed E-state index contributed by atoms with van der Waals surface area (Å²) in [6.07, 6.45) is -0.874. The molecule has 0 fully saturated rings. The zero-order valence-electron chi connectivity index (χ0n) is 15.0. The number of aromatic nitrogens is 1. The Kier molecular flexibility index (Phi) is 6.05. The fourth-order valence-corrected chi connectivity index (χ4v) is 3.36. The van der Waals surface area contributed by atoms with E-state index in [2.05, 4.69) is 10.3 Å². The van der Waals surface area contributed by atoms with Gasteiger partial charge in [-0.15, -0.1) is 11.3 Å². The molecule has 1 aromatic heterocycles. The van der Waals surface area contributed by atoms with Crippen LogP contribution in [0.3, 0.4) is 0 Å². The van der Waals surface area contributed by atoms with E-state index in [0.717, 1.165) is 10.6 Å². The van der Waals surface area contributed by atoms with Crippen molar-refractivity contribution >= 4 is 17.2 Å². The van der Waals surface area contributed by atoms with E-state index in [0.29, 0.717) is 22.8 Å². The summed E-state index contributed by atoms with van der Waals surface area (Å²) in [4.78, 5) is 16.7. The van der Waals surface area contributed by atoms with E-state index in [4.69, 9.17) is 9.47 Å². The SMILES string of the molecule is COc1ccc(C(O)CNC(=O)c2csc(-c3ccccc3)n2)cc1OC. The molecular formula is C20H20N2O4S. The molecule has 0 saturated heterocycles. The molecule has 7 heteroatoms. The van der Waals surface area contributed by atoms with Crippen LogP contribution in [-0.2, 0) is 0 Å². The number of nitrogens with zero attached hydrogens (tertiary/aromatic N) is 1. The molecule has 2 aromatic carbocycles. The predicted octanol–water partition coefficient (Wildman–Crippen LogP) is 3.29. The van der Waals surface area contributed by atoms with Gasteiger partial charge in [-0.1, -0.05) is 36.4 Å². The second kappa shape index (κ2) is 8.66. The lowest BCUT2D eigenvalue weighted by Crippen LogP contribution is -2.28. The third kappa shape index (κ3) is 4.45. The number of hydrogen-bond acceptors (Lipinski definition) is 6. The molecule has 140 valence electrons. The molecule has 2 N–H and O–H groups in total. The largest absolute Gasteiger partial charge is 0.493 e. The zero-order chi connectivity index (χ0) is 19.2. The minimum atomic E-state index is -0.874. The van der Waals surface area contributed by atoms with Crippen molar-refractivity contribution in [2.45, 2.75) is 6.10 Å². The molecule has 1 heterocycles. The summed E-state index contributed by atoms with van der Waals surface area (Å²) >= 11 is 1.41. The van der Waals surface area contributed by atoms with Gasteiger partial charge in [-0.3, -0.25) is 4.79 Å². The summed E-state index contributed by atoms with van der Waals surface area (Å²) in [7, 11) is 3.08. The molecule has 0 radical (unpaired) electrons. The third-order valence-electron chi connectivity index (χ3n) is 4.01. The van der Waals surface area contributed by atoms with Crippen LogP contribution in [0.15, 0.2) is 53.9 Å². The molecule has 1 unspecified atom stereocenters. The standard InChI is InChI=1S/C20H20N2O4S/c1-25-17-9-8-14(10-18(17)26-2)16(23)11-21-19(24)15-12-27-20(22-15)13-6-4-3-5-7-13/h3-10,12,16,23H,11H2,1-2H3,(H,21,24). The average Bonchev–Trinajstić information content (AvgIpc) is 3.22. The van der Waals surface area contributed by atoms with Crippen LogP contribution in [-0.4, -0.2) is 36.8 Å². The summed E-state index contributed by atoms with van der Waals surface area (Å²) in [5.41, 5.74) is 1.92. The van der Waals surface area contributed by atoms with Gasteiger partial charge in [0.1, 0.15) is 10.7 Å². The number of aliphatic hydroxyl groups excluding tert-OH is 1. The molecular weight excluding hydrogens is 364 g/mol. The van der Waals surface area contributed by atoms with Gasteiger partial charge in [0.05, 0.1) is 20.3 Å². The van der Waals surface area contributed by atoms with Crippen molar-refractivity contribution in [3.05, 3.63) is 65.2 Å². The second-order valence-electron chi connectivity index (χ2n) is 5.74. The molecule has 27 heavy (non-hydrogen) atoms. The molecule has 0 saturated carbocycles. The van der Waals surface area contributed by atoms with E-state index < -0.39 is 6.10 Å². The van der Waals surface area contributed by atoms with Gasteiger partial charge < -0.3 is 19.9 Å². The molecule has 0 bridgehead atoms. The lowest BCUT2D eigenvalue weighted by atomic mass is 10.1. The van der Waals surface area contributed by atoms with Gasteiger partial charge in [-0.2, -0.15) is 0 Å². The summed E-state index contributed by atoms with van der Waals surface area (Å²) < 4.78 is 10.4. The smallest absolute Gasteiger partial charge is 0.270 e. The number of benzene rings is 2. The van der Waals surface area contributed by atoms with E-state index in [9.17, 15) is 9.90 Å². The van der Waals surface area contributed by atoms with Crippen LogP contribution in [0.2, 0.25) is 0 Å². The Bertz CT molecular complexity index is 911. The van der Waals surface area contributed by atoms with Gasteiger partial charge in [0.2, 0.25) is 0 Å². The Hall–Kier alpha value is -2.90. The fourth-order valence-electron chi connectivity index (χ4n) is 2.55. The van der Waals surface area contributed by atoms with Crippen LogP contribution in [0.1, 0.15) is 22.2 Å². The van der Waals surface area contributed by atoms with Crippen LogP contribution >= 0.6 is 11.3 Å². The zero-order valence-corrected chi connectivity index (χ0v) is 15.8. The third-order valence-corrected chi connectivity index (χ3v) is 4.90. The van der Waals surface area contributed by atoms with Crippen molar-refractivity contribution in [1.82, 2.24) is 10.3 Å². The minimum absolute atomic E-state index is 0.0620. The Morgan fingerprint density at radius 3 is 2.59 bits per heavy atom. The van der Waals surface area contributed by atoms with Gasteiger partial charge in [-0.05, 0) is 17.7 Å².